The Morgan fingerprint density at radius 1 is 1.19 bits per heavy atom. The van der Waals surface area contributed by atoms with E-state index in [0.29, 0.717) is 11.3 Å². The molecule has 7 nitrogen and oxygen atoms in total. The summed E-state index contributed by atoms with van der Waals surface area (Å²) < 4.78 is 5.14. The molecule has 2 N–H and O–H groups in total. The third-order valence-corrected chi connectivity index (χ3v) is 4.14. The molecule has 2 aromatic rings. The highest BCUT2D eigenvalue weighted by Crippen LogP contribution is 2.24. The molecule has 1 aliphatic rings. The van der Waals surface area contributed by atoms with Crippen LogP contribution in [0.15, 0.2) is 54.1 Å². The number of thiocarbonyl (C=S) groups is 1. The molecule has 27 heavy (non-hydrogen) atoms. The predicted molar refractivity (Wildman–Crippen MR) is 103 cm³/mol. The van der Waals surface area contributed by atoms with Crippen LogP contribution in [0.25, 0.3) is 6.08 Å². The van der Waals surface area contributed by atoms with Crippen molar-refractivity contribution in [1.82, 2.24) is 5.32 Å². The van der Waals surface area contributed by atoms with Crippen molar-refractivity contribution >= 4 is 46.9 Å². The largest absolute Gasteiger partial charge is 0.497 e. The number of carboxylic acid groups (broad SMARTS) is 1. The third kappa shape index (κ3) is 3.70. The van der Waals surface area contributed by atoms with E-state index in [0.717, 1.165) is 4.90 Å². The minimum atomic E-state index is -1.14. The van der Waals surface area contributed by atoms with E-state index < -0.39 is 17.8 Å². The first-order chi connectivity index (χ1) is 12.9. The number of hydrogen-bond acceptors (Lipinski definition) is 5. The second-order valence-corrected chi connectivity index (χ2v) is 5.98. The van der Waals surface area contributed by atoms with Crippen LogP contribution in [0, 0.1) is 0 Å². The van der Waals surface area contributed by atoms with Crippen LogP contribution in [0.4, 0.5) is 5.69 Å². The van der Waals surface area contributed by atoms with Crippen molar-refractivity contribution in [3.63, 3.8) is 0 Å². The fourth-order valence-electron chi connectivity index (χ4n) is 2.57. The van der Waals surface area contributed by atoms with Crippen LogP contribution in [-0.4, -0.2) is 35.1 Å². The molecular weight excluding hydrogens is 368 g/mol. The number of methoxy groups -OCH3 is 1. The Labute approximate surface area is 159 Å². The number of ether oxygens (including phenoxy) is 1. The number of anilines is 1. The first-order valence-corrected chi connectivity index (χ1v) is 8.20. The van der Waals surface area contributed by atoms with E-state index in [1.807, 2.05) is 0 Å². The van der Waals surface area contributed by atoms with Crippen molar-refractivity contribution in [1.29, 1.82) is 0 Å². The van der Waals surface area contributed by atoms with E-state index in [-0.39, 0.29) is 21.9 Å². The standard InChI is InChI=1S/C19H14N2O5S/c1-26-14-7-2-4-11(8-14)9-15-16(22)20-19(27)21(17(15)23)13-6-3-5-12(10-13)18(24)25/h2-10H,1H3,(H,24,25)(H,20,22,27). The van der Waals surface area contributed by atoms with Crippen LogP contribution in [0.2, 0.25) is 0 Å². The molecule has 0 aromatic heterocycles. The zero-order valence-corrected chi connectivity index (χ0v) is 14.9. The molecule has 3 rings (SSSR count). The third-order valence-electron chi connectivity index (χ3n) is 3.86. The molecule has 1 aliphatic heterocycles. The Balaban J connectivity index is 2.02. The molecule has 0 unspecified atom stereocenters. The summed E-state index contributed by atoms with van der Waals surface area (Å²) >= 11 is 5.11. The molecule has 0 aliphatic carbocycles. The van der Waals surface area contributed by atoms with Crippen molar-refractivity contribution in [2.24, 2.45) is 0 Å². The predicted octanol–water partition coefficient (Wildman–Crippen LogP) is 2.22. The molecule has 136 valence electrons. The van der Waals surface area contributed by atoms with Crippen molar-refractivity contribution < 1.29 is 24.2 Å². The van der Waals surface area contributed by atoms with Crippen LogP contribution in [0.5, 0.6) is 5.75 Å². The Bertz CT molecular complexity index is 999. The molecule has 0 radical (unpaired) electrons. The SMILES string of the molecule is COc1cccc(C=C2C(=O)NC(=S)N(c3cccc(C(=O)O)c3)C2=O)c1. The molecular formula is C19H14N2O5S. The zero-order valence-electron chi connectivity index (χ0n) is 14.1. The van der Waals surface area contributed by atoms with Gasteiger partial charge in [-0.05, 0) is 54.2 Å². The lowest BCUT2D eigenvalue weighted by atomic mass is 10.1. The van der Waals surface area contributed by atoms with Crippen molar-refractivity contribution in [2.45, 2.75) is 0 Å². The van der Waals surface area contributed by atoms with Gasteiger partial charge in [0.1, 0.15) is 11.3 Å². The molecule has 2 aromatic carbocycles. The molecule has 1 fully saturated rings. The monoisotopic (exact) mass is 382 g/mol. The van der Waals surface area contributed by atoms with E-state index >= 15 is 0 Å². The van der Waals surface area contributed by atoms with Gasteiger partial charge in [-0.1, -0.05) is 18.2 Å². The molecule has 0 spiro atoms. The van der Waals surface area contributed by atoms with Gasteiger partial charge in [0, 0.05) is 0 Å². The van der Waals surface area contributed by atoms with E-state index in [2.05, 4.69) is 5.32 Å². The Kier molecular flexibility index (Phi) is 5.00. The quantitative estimate of drug-likeness (QED) is 0.478. The van der Waals surface area contributed by atoms with E-state index in [1.165, 1.54) is 37.5 Å². The highest BCUT2D eigenvalue weighted by Gasteiger charge is 2.34. The molecule has 8 heteroatoms. The number of carbonyl (C=O) groups excluding carboxylic acids is 2. The first-order valence-electron chi connectivity index (χ1n) is 7.79. The highest BCUT2D eigenvalue weighted by atomic mass is 32.1. The van der Waals surface area contributed by atoms with Gasteiger partial charge in [0.2, 0.25) is 0 Å². The first kappa shape index (κ1) is 18.3. The number of rotatable bonds is 4. The summed E-state index contributed by atoms with van der Waals surface area (Å²) in [6, 6.07) is 12.6. The second kappa shape index (κ2) is 7.38. The average Bonchev–Trinajstić information content (AvgIpc) is 2.65. The van der Waals surface area contributed by atoms with Crippen LogP contribution in [0.3, 0.4) is 0 Å². The molecule has 0 saturated carbocycles. The molecule has 1 heterocycles. The van der Waals surface area contributed by atoms with Crippen LogP contribution in [0.1, 0.15) is 15.9 Å². The lowest BCUT2D eigenvalue weighted by molar-refractivity contribution is -0.122. The minimum absolute atomic E-state index is 0.00155. The Morgan fingerprint density at radius 3 is 2.63 bits per heavy atom. The number of carbonyl (C=O) groups is 3. The number of hydrogen-bond donors (Lipinski definition) is 2. The lowest BCUT2D eigenvalue weighted by Gasteiger charge is -2.29. The van der Waals surface area contributed by atoms with Gasteiger partial charge in [0.05, 0.1) is 18.4 Å². The average molecular weight is 382 g/mol. The van der Waals surface area contributed by atoms with Crippen LogP contribution >= 0.6 is 12.2 Å². The smallest absolute Gasteiger partial charge is 0.335 e. The fraction of sp³-hybridized carbons (Fsp3) is 0.0526. The van der Waals surface area contributed by atoms with E-state index in [4.69, 9.17) is 22.1 Å². The summed E-state index contributed by atoms with van der Waals surface area (Å²) in [5.41, 5.74) is 0.720. The summed E-state index contributed by atoms with van der Waals surface area (Å²) in [7, 11) is 1.51. The van der Waals surface area contributed by atoms with Gasteiger partial charge in [-0.25, -0.2) is 4.79 Å². The second-order valence-electron chi connectivity index (χ2n) is 5.59. The molecule has 0 atom stereocenters. The van der Waals surface area contributed by atoms with Gasteiger partial charge < -0.3 is 9.84 Å². The van der Waals surface area contributed by atoms with Gasteiger partial charge in [0.25, 0.3) is 11.8 Å². The van der Waals surface area contributed by atoms with Gasteiger partial charge in [0.15, 0.2) is 5.11 Å². The maximum atomic E-state index is 12.9. The van der Waals surface area contributed by atoms with Crippen LogP contribution < -0.4 is 15.0 Å². The Morgan fingerprint density at radius 2 is 1.93 bits per heavy atom. The number of carboxylic acids is 1. The highest BCUT2D eigenvalue weighted by molar-refractivity contribution is 7.80. The molecule has 0 bridgehead atoms. The van der Waals surface area contributed by atoms with Crippen molar-refractivity contribution in [3.8, 4) is 5.75 Å². The van der Waals surface area contributed by atoms with Gasteiger partial charge >= 0.3 is 5.97 Å². The summed E-state index contributed by atoms with van der Waals surface area (Å²) in [6.07, 6.45) is 1.43. The summed E-state index contributed by atoms with van der Waals surface area (Å²) in [5.74, 6) is -1.83. The zero-order chi connectivity index (χ0) is 19.6. The van der Waals surface area contributed by atoms with Crippen molar-refractivity contribution in [2.75, 3.05) is 12.0 Å². The number of benzene rings is 2. The van der Waals surface area contributed by atoms with Crippen LogP contribution in [-0.2, 0) is 9.59 Å². The Hall–Kier alpha value is -3.52. The summed E-state index contributed by atoms with van der Waals surface area (Å²) in [4.78, 5) is 37.5. The summed E-state index contributed by atoms with van der Waals surface area (Å²) in [5, 5.41) is 11.5. The minimum Gasteiger partial charge on any atom is -0.497 e. The molecule has 1 saturated heterocycles. The topological polar surface area (TPSA) is 95.9 Å². The number of amides is 2. The molecule has 2 amide bonds. The maximum Gasteiger partial charge on any atom is 0.335 e. The normalized spacial score (nSPS) is 15.7. The van der Waals surface area contributed by atoms with Gasteiger partial charge in [-0.3, -0.25) is 19.8 Å². The fourth-order valence-corrected chi connectivity index (χ4v) is 2.85. The van der Waals surface area contributed by atoms with E-state index in [9.17, 15) is 14.4 Å². The summed E-state index contributed by atoms with van der Waals surface area (Å²) in [6.45, 7) is 0. The van der Waals surface area contributed by atoms with Crippen molar-refractivity contribution in [3.05, 3.63) is 65.2 Å². The lowest BCUT2D eigenvalue weighted by Crippen LogP contribution is -2.54. The van der Waals surface area contributed by atoms with Gasteiger partial charge in [-0.2, -0.15) is 0 Å². The number of aromatic carboxylic acids is 1. The maximum absolute atomic E-state index is 12.9. The van der Waals surface area contributed by atoms with Gasteiger partial charge in [-0.15, -0.1) is 0 Å². The number of nitrogens with one attached hydrogen (secondary N) is 1. The number of nitrogens with zero attached hydrogens (tertiary/aromatic N) is 1. The van der Waals surface area contributed by atoms with E-state index in [1.54, 1.807) is 24.3 Å².